The third-order valence-corrected chi connectivity index (χ3v) is 4.46. The molecule has 0 unspecified atom stereocenters. The number of nitrogen functional groups attached to an aromatic ring is 1. The summed E-state index contributed by atoms with van der Waals surface area (Å²) in [7, 11) is 0. The number of benzene rings is 1. The summed E-state index contributed by atoms with van der Waals surface area (Å²) in [6.07, 6.45) is -2.90. The molecule has 0 bridgehead atoms. The number of pyridine rings is 2. The highest BCUT2D eigenvalue weighted by atomic mass is 19.4. The second kappa shape index (κ2) is 7.08. The Morgan fingerprint density at radius 2 is 1.86 bits per heavy atom. The SMILES string of the molecule is Nc1cccc(N2CCc3ccc(Oc4ccc(C(F)(F)F)nc4)cc3C2=O)n1. The molecule has 9 heteroatoms. The number of hydrogen-bond acceptors (Lipinski definition) is 5. The lowest BCUT2D eigenvalue weighted by Crippen LogP contribution is -2.38. The molecular formula is C20H15F3N4O2. The largest absolute Gasteiger partial charge is 0.456 e. The minimum Gasteiger partial charge on any atom is -0.456 e. The fraction of sp³-hybridized carbons (Fsp3) is 0.150. The van der Waals surface area contributed by atoms with Gasteiger partial charge in [-0.3, -0.25) is 9.69 Å². The molecule has 2 aromatic heterocycles. The first-order valence-corrected chi connectivity index (χ1v) is 8.70. The summed E-state index contributed by atoms with van der Waals surface area (Å²) >= 11 is 0. The summed E-state index contributed by atoms with van der Waals surface area (Å²) in [5.41, 5.74) is 6.00. The molecule has 1 aliphatic rings. The van der Waals surface area contributed by atoms with E-state index >= 15 is 0 Å². The van der Waals surface area contributed by atoms with Gasteiger partial charge in [0.15, 0.2) is 0 Å². The fourth-order valence-corrected chi connectivity index (χ4v) is 3.07. The first-order valence-electron chi connectivity index (χ1n) is 8.70. The molecule has 4 rings (SSSR count). The number of alkyl halides is 3. The van der Waals surface area contributed by atoms with Gasteiger partial charge in [-0.15, -0.1) is 0 Å². The molecule has 0 atom stereocenters. The lowest BCUT2D eigenvalue weighted by Gasteiger charge is -2.28. The summed E-state index contributed by atoms with van der Waals surface area (Å²) < 4.78 is 43.4. The molecule has 3 aromatic rings. The van der Waals surface area contributed by atoms with E-state index in [0.29, 0.717) is 35.9 Å². The molecule has 1 aromatic carbocycles. The number of anilines is 2. The highest BCUT2D eigenvalue weighted by Crippen LogP contribution is 2.31. The Morgan fingerprint density at radius 3 is 2.55 bits per heavy atom. The normalized spacial score (nSPS) is 13.9. The van der Waals surface area contributed by atoms with Crippen LogP contribution in [0.15, 0.2) is 54.7 Å². The van der Waals surface area contributed by atoms with Gasteiger partial charge in [-0.25, -0.2) is 9.97 Å². The molecule has 0 saturated carbocycles. The van der Waals surface area contributed by atoms with Crippen molar-refractivity contribution in [2.24, 2.45) is 0 Å². The van der Waals surface area contributed by atoms with Gasteiger partial charge in [-0.2, -0.15) is 13.2 Å². The Balaban J connectivity index is 1.58. The van der Waals surface area contributed by atoms with Crippen molar-refractivity contribution in [3.63, 3.8) is 0 Å². The minimum absolute atomic E-state index is 0.135. The zero-order valence-corrected chi connectivity index (χ0v) is 15.0. The van der Waals surface area contributed by atoms with Crippen LogP contribution in [0.1, 0.15) is 21.6 Å². The smallest absolute Gasteiger partial charge is 0.433 e. The topological polar surface area (TPSA) is 81.3 Å². The van der Waals surface area contributed by atoms with Crippen LogP contribution >= 0.6 is 0 Å². The van der Waals surface area contributed by atoms with E-state index < -0.39 is 11.9 Å². The van der Waals surface area contributed by atoms with E-state index in [9.17, 15) is 18.0 Å². The maximum atomic E-state index is 12.9. The summed E-state index contributed by atoms with van der Waals surface area (Å²) in [5.74, 6) is 0.976. The second-order valence-corrected chi connectivity index (χ2v) is 6.43. The van der Waals surface area contributed by atoms with E-state index in [4.69, 9.17) is 10.5 Å². The van der Waals surface area contributed by atoms with E-state index in [2.05, 4.69) is 9.97 Å². The average molecular weight is 400 g/mol. The number of fused-ring (bicyclic) bond motifs is 1. The van der Waals surface area contributed by atoms with Gasteiger partial charge in [-0.1, -0.05) is 12.1 Å². The highest BCUT2D eigenvalue weighted by Gasteiger charge is 2.32. The maximum Gasteiger partial charge on any atom is 0.433 e. The maximum absolute atomic E-state index is 12.9. The molecule has 1 amide bonds. The number of ether oxygens (including phenoxy) is 1. The standard InChI is InChI=1S/C20H15F3N4O2/c21-20(22,23)16-7-6-14(11-25-16)29-13-5-4-12-8-9-27(19(28)15(12)10-13)18-3-1-2-17(24)26-18/h1-7,10-11H,8-9H2,(H2,24,26). The zero-order chi connectivity index (χ0) is 20.6. The molecular weight excluding hydrogens is 385 g/mol. The minimum atomic E-state index is -4.52. The van der Waals surface area contributed by atoms with E-state index in [0.717, 1.165) is 17.8 Å². The molecule has 29 heavy (non-hydrogen) atoms. The van der Waals surface area contributed by atoms with E-state index in [-0.39, 0.29) is 11.7 Å². The van der Waals surface area contributed by atoms with E-state index in [1.165, 1.54) is 11.0 Å². The average Bonchev–Trinajstić information content (AvgIpc) is 2.68. The summed E-state index contributed by atoms with van der Waals surface area (Å²) in [4.78, 5) is 22.0. The number of carbonyl (C=O) groups excluding carboxylic acids is 1. The first-order chi connectivity index (χ1) is 13.8. The van der Waals surface area contributed by atoms with Gasteiger partial charge in [0.25, 0.3) is 5.91 Å². The Kier molecular flexibility index (Phi) is 4.57. The van der Waals surface area contributed by atoms with Crippen LogP contribution in [-0.4, -0.2) is 22.4 Å². The van der Waals surface area contributed by atoms with Gasteiger partial charge >= 0.3 is 6.18 Å². The summed E-state index contributed by atoms with van der Waals surface area (Å²) in [6.45, 7) is 0.464. The molecule has 3 heterocycles. The highest BCUT2D eigenvalue weighted by molar-refractivity contribution is 6.08. The van der Waals surface area contributed by atoms with E-state index in [1.54, 1.807) is 36.4 Å². The number of carbonyl (C=O) groups is 1. The summed E-state index contributed by atoms with van der Waals surface area (Å²) in [5, 5.41) is 0. The van der Waals surface area contributed by atoms with E-state index in [1.807, 2.05) is 0 Å². The molecule has 0 spiro atoms. The van der Waals surface area contributed by atoms with Crippen molar-refractivity contribution in [2.75, 3.05) is 17.2 Å². The van der Waals surface area contributed by atoms with Gasteiger partial charge in [0.2, 0.25) is 0 Å². The lowest BCUT2D eigenvalue weighted by molar-refractivity contribution is -0.141. The lowest BCUT2D eigenvalue weighted by atomic mass is 9.98. The first kappa shape index (κ1) is 18.7. The van der Waals surface area contributed by atoms with Crippen LogP contribution in [0, 0.1) is 0 Å². The molecule has 0 fully saturated rings. The van der Waals surface area contributed by atoms with Gasteiger partial charge in [-0.05, 0) is 48.4 Å². The number of amides is 1. The third-order valence-electron chi connectivity index (χ3n) is 4.46. The predicted octanol–water partition coefficient (Wildman–Crippen LogP) is 4.07. The third kappa shape index (κ3) is 3.84. The Morgan fingerprint density at radius 1 is 1.07 bits per heavy atom. The molecule has 0 radical (unpaired) electrons. The zero-order valence-electron chi connectivity index (χ0n) is 15.0. The van der Waals surface area contributed by atoms with Crippen molar-refractivity contribution >= 4 is 17.5 Å². The van der Waals surface area contributed by atoms with Crippen molar-refractivity contribution in [3.8, 4) is 11.5 Å². The van der Waals surface area contributed by atoms with Gasteiger partial charge < -0.3 is 10.5 Å². The number of halogens is 3. The van der Waals surface area contributed by atoms with Gasteiger partial charge in [0.1, 0.15) is 28.8 Å². The van der Waals surface area contributed by atoms with Crippen LogP contribution in [0.3, 0.4) is 0 Å². The number of nitrogens with two attached hydrogens (primary N) is 1. The molecule has 6 nitrogen and oxygen atoms in total. The van der Waals surface area contributed by atoms with Crippen LogP contribution in [0.4, 0.5) is 24.8 Å². The van der Waals surface area contributed by atoms with Crippen molar-refractivity contribution in [1.29, 1.82) is 0 Å². The van der Waals surface area contributed by atoms with Crippen LogP contribution in [0.5, 0.6) is 11.5 Å². The Hall–Kier alpha value is -3.62. The number of rotatable bonds is 3. The Labute approximate surface area is 163 Å². The molecule has 0 saturated heterocycles. The quantitative estimate of drug-likeness (QED) is 0.717. The van der Waals surface area contributed by atoms with Crippen LogP contribution in [0.25, 0.3) is 0 Å². The van der Waals surface area contributed by atoms with Crippen molar-refractivity contribution in [3.05, 3.63) is 71.5 Å². The number of nitrogens with zero attached hydrogens (tertiary/aromatic N) is 3. The molecule has 0 aliphatic carbocycles. The van der Waals surface area contributed by atoms with Crippen LogP contribution in [0.2, 0.25) is 0 Å². The van der Waals surface area contributed by atoms with Crippen molar-refractivity contribution in [2.45, 2.75) is 12.6 Å². The number of aromatic nitrogens is 2. The van der Waals surface area contributed by atoms with Crippen LogP contribution < -0.4 is 15.4 Å². The second-order valence-electron chi connectivity index (χ2n) is 6.43. The number of hydrogen-bond donors (Lipinski definition) is 1. The Bertz CT molecular complexity index is 1070. The predicted molar refractivity (Wildman–Crippen MR) is 99.8 cm³/mol. The van der Waals surface area contributed by atoms with Crippen molar-refractivity contribution < 1.29 is 22.7 Å². The summed E-state index contributed by atoms with van der Waals surface area (Å²) in [6, 6.07) is 12.1. The molecule has 1 aliphatic heterocycles. The van der Waals surface area contributed by atoms with Gasteiger partial charge in [0, 0.05) is 12.1 Å². The van der Waals surface area contributed by atoms with Gasteiger partial charge in [0.05, 0.1) is 6.20 Å². The fourth-order valence-electron chi connectivity index (χ4n) is 3.07. The molecule has 2 N–H and O–H groups in total. The van der Waals surface area contributed by atoms with Crippen molar-refractivity contribution in [1.82, 2.24) is 9.97 Å². The monoisotopic (exact) mass is 400 g/mol. The van der Waals surface area contributed by atoms with Crippen LogP contribution in [-0.2, 0) is 12.6 Å². The molecule has 148 valence electrons.